The molecule has 0 spiro atoms. The number of anilines is 2. The van der Waals surface area contributed by atoms with Crippen molar-refractivity contribution in [1.29, 1.82) is 0 Å². The molecule has 3 heterocycles. The highest BCUT2D eigenvalue weighted by Gasteiger charge is 2.25. The summed E-state index contributed by atoms with van der Waals surface area (Å²) < 4.78 is 0. The largest absolute Gasteiger partial charge is 0.594 e. The van der Waals surface area contributed by atoms with Gasteiger partial charge in [-0.25, -0.2) is 9.78 Å². The van der Waals surface area contributed by atoms with Gasteiger partial charge in [0.2, 0.25) is 5.91 Å². The molecule has 0 unspecified atom stereocenters. The Hall–Kier alpha value is -3.27. The molecule has 1 fully saturated rings. The Morgan fingerprint density at radius 1 is 1.28 bits per heavy atom. The number of carboxylic acids is 1. The number of thiophene rings is 1. The first kappa shape index (κ1) is 19.1. The number of hydrogen-bond acceptors (Lipinski definition) is 7. The topological polar surface area (TPSA) is 122 Å². The number of benzene rings is 1. The standard InChI is InChI=1S/C19H19N5O4S/c25-17(20-15-11-29-10-13(15)18(26)27)9-12-5-7-23(8-6-12)19-21-14-3-1-2-4-16(14)24(28)22-19/h1-4,10-12H,5-9H2,(H,20,25)(H,26,27). The minimum atomic E-state index is -1.05. The second-order valence-electron chi connectivity index (χ2n) is 6.96. The van der Waals surface area contributed by atoms with Crippen LogP contribution in [0.25, 0.3) is 11.0 Å². The number of nitrogens with one attached hydrogen (secondary N) is 1. The lowest BCUT2D eigenvalue weighted by atomic mass is 9.93. The van der Waals surface area contributed by atoms with E-state index in [0.717, 1.165) is 12.8 Å². The fourth-order valence-electron chi connectivity index (χ4n) is 3.48. The summed E-state index contributed by atoms with van der Waals surface area (Å²) in [4.78, 5) is 30.5. The van der Waals surface area contributed by atoms with E-state index >= 15 is 0 Å². The molecule has 2 N–H and O–H groups in total. The van der Waals surface area contributed by atoms with Crippen molar-refractivity contribution in [2.24, 2.45) is 5.92 Å². The number of fused-ring (bicyclic) bond motifs is 1. The van der Waals surface area contributed by atoms with Crippen molar-refractivity contribution in [2.75, 3.05) is 23.3 Å². The summed E-state index contributed by atoms with van der Waals surface area (Å²) in [7, 11) is 0. The molecule has 10 heteroatoms. The van der Waals surface area contributed by atoms with Crippen molar-refractivity contribution in [3.05, 3.63) is 45.8 Å². The van der Waals surface area contributed by atoms with Crippen LogP contribution in [0.4, 0.5) is 11.6 Å². The van der Waals surface area contributed by atoms with Gasteiger partial charge >= 0.3 is 5.97 Å². The molecule has 0 radical (unpaired) electrons. The van der Waals surface area contributed by atoms with E-state index in [0.29, 0.717) is 47.0 Å². The van der Waals surface area contributed by atoms with Gasteiger partial charge in [-0.3, -0.25) is 4.79 Å². The Kier molecular flexibility index (Phi) is 5.26. The number of para-hydroxylation sites is 2. The number of nitrogens with zero attached hydrogens (tertiary/aromatic N) is 4. The summed E-state index contributed by atoms with van der Waals surface area (Å²) in [6.45, 7) is 1.30. The van der Waals surface area contributed by atoms with Crippen molar-refractivity contribution in [1.82, 2.24) is 10.1 Å². The van der Waals surface area contributed by atoms with Crippen LogP contribution in [0.15, 0.2) is 35.0 Å². The highest BCUT2D eigenvalue weighted by atomic mass is 32.1. The SMILES string of the molecule is O=C(CC1CCN(c2nc3ccccc3[n+]([O-])n2)CC1)Nc1cscc1C(=O)O. The summed E-state index contributed by atoms with van der Waals surface area (Å²) in [6, 6.07) is 7.06. The third-order valence-corrected chi connectivity index (χ3v) is 5.77. The number of hydrogen-bond donors (Lipinski definition) is 2. The van der Waals surface area contributed by atoms with Crippen LogP contribution in [0.1, 0.15) is 29.6 Å². The van der Waals surface area contributed by atoms with Gasteiger partial charge in [0.25, 0.3) is 11.5 Å². The van der Waals surface area contributed by atoms with Crippen molar-refractivity contribution in [3.63, 3.8) is 0 Å². The Morgan fingerprint density at radius 2 is 2.03 bits per heavy atom. The molecule has 2 aromatic heterocycles. The van der Waals surface area contributed by atoms with E-state index < -0.39 is 5.97 Å². The van der Waals surface area contributed by atoms with Crippen LogP contribution < -0.4 is 15.1 Å². The number of carboxylic acid groups (broad SMARTS) is 1. The van der Waals surface area contributed by atoms with Crippen molar-refractivity contribution < 1.29 is 19.5 Å². The van der Waals surface area contributed by atoms with Gasteiger partial charge in [-0.2, -0.15) is 0 Å². The van der Waals surface area contributed by atoms with Crippen LogP contribution in [0, 0.1) is 11.1 Å². The maximum atomic E-state index is 12.3. The monoisotopic (exact) mass is 413 g/mol. The molecule has 1 amide bonds. The minimum absolute atomic E-state index is 0.109. The zero-order chi connectivity index (χ0) is 20.4. The molecule has 1 aromatic carbocycles. The van der Waals surface area contributed by atoms with Crippen LogP contribution in [-0.4, -0.2) is 40.2 Å². The third kappa shape index (κ3) is 4.11. The Morgan fingerprint density at radius 3 is 2.79 bits per heavy atom. The number of carbonyl (C=O) groups excluding carboxylic acids is 1. The van der Waals surface area contributed by atoms with Crippen LogP contribution in [0.2, 0.25) is 0 Å². The lowest BCUT2D eigenvalue weighted by molar-refractivity contribution is -0.641. The Labute approximate surface area is 170 Å². The molecule has 150 valence electrons. The quantitative estimate of drug-likeness (QED) is 0.486. The van der Waals surface area contributed by atoms with Crippen LogP contribution in [-0.2, 0) is 4.79 Å². The van der Waals surface area contributed by atoms with E-state index in [-0.39, 0.29) is 17.4 Å². The van der Waals surface area contributed by atoms with E-state index in [2.05, 4.69) is 15.4 Å². The molecule has 1 aliphatic rings. The van der Waals surface area contributed by atoms with Gasteiger partial charge in [-0.05, 0) is 29.7 Å². The lowest BCUT2D eigenvalue weighted by Gasteiger charge is -2.31. The van der Waals surface area contributed by atoms with Gasteiger partial charge in [0, 0.05) is 36.3 Å². The molecule has 3 aromatic rings. The van der Waals surface area contributed by atoms with Gasteiger partial charge in [-0.1, -0.05) is 12.1 Å². The number of piperidine rings is 1. The van der Waals surface area contributed by atoms with Crippen molar-refractivity contribution in [2.45, 2.75) is 19.3 Å². The molecule has 0 saturated carbocycles. The molecular formula is C19H19N5O4S. The normalized spacial score (nSPS) is 14.8. The highest BCUT2D eigenvalue weighted by molar-refractivity contribution is 7.08. The maximum absolute atomic E-state index is 12.3. The highest BCUT2D eigenvalue weighted by Crippen LogP contribution is 2.25. The predicted molar refractivity (Wildman–Crippen MR) is 108 cm³/mol. The average molecular weight is 413 g/mol. The van der Waals surface area contributed by atoms with Crippen LogP contribution in [0.5, 0.6) is 0 Å². The summed E-state index contributed by atoms with van der Waals surface area (Å²) in [5.74, 6) is -0.673. The number of aromatic carboxylic acids is 1. The van der Waals surface area contributed by atoms with Gasteiger partial charge in [0.15, 0.2) is 0 Å². The molecule has 1 saturated heterocycles. The first-order valence-electron chi connectivity index (χ1n) is 9.22. The third-order valence-electron chi connectivity index (χ3n) is 5.03. The van der Waals surface area contributed by atoms with Crippen LogP contribution >= 0.6 is 11.3 Å². The molecular weight excluding hydrogens is 394 g/mol. The molecule has 0 atom stereocenters. The summed E-state index contributed by atoms with van der Waals surface area (Å²) >= 11 is 1.24. The number of rotatable bonds is 5. The zero-order valence-electron chi connectivity index (χ0n) is 15.4. The summed E-state index contributed by atoms with van der Waals surface area (Å²) in [6.07, 6.45) is 1.85. The van der Waals surface area contributed by atoms with Gasteiger partial charge in [0.1, 0.15) is 5.52 Å². The van der Waals surface area contributed by atoms with Crippen LogP contribution in [0.3, 0.4) is 0 Å². The van der Waals surface area contributed by atoms with Crippen molar-refractivity contribution in [3.8, 4) is 0 Å². The molecule has 4 rings (SSSR count). The van der Waals surface area contributed by atoms with Gasteiger partial charge in [-0.15, -0.1) is 11.3 Å². The van der Waals surface area contributed by atoms with E-state index in [1.807, 2.05) is 11.0 Å². The summed E-state index contributed by atoms with van der Waals surface area (Å²) in [5.41, 5.74) is 1.48. The molecule has 0 bridgehead atoms. The second-order valence-corrected chi connectivity index (χ2v) is 7.70. The first-order valence-corrected chi connectivity index (χ1v) is 10.2. The minimum Gasteiger partial charge on any atom is -0.594 e. The summed E-state index contributed by atoms with van der Waals surface area (Å²) in [5, 5.41) is 31.1. The van der Waals surface area contributed by atoms with Crippen molar-refractivity contribution >= 4 is 45.9 Å². The number of aromatic nitrogens is 3. The average Bonchev–Trinajstić information content (AvgIpc) is 3.17. The number of amides is 1. The van der Waals surface area contributed by atoms with Gasteiger partial charge < -0.3 is 20.5 Å². The molecule has 9 nitrogen and oxygen atoms in total. The molecule has 0 aliphatic carbocycles. The van der Waals surface area contributed by atoms with Gasteiger partial charge in [0.05, 0.1) is 16.3 Å². The zero-order valence-corrected chi connectivity index (χ0v) is 16.3. The predicted octanol–water partition coefficient (Wildman–Crippen LogP) is 2.27. The Balaban J connectivity index is 1.35. The van der Waals surface area contributed by atoms with E-state index in [4.69, 9.17) is 5.11 Å². The van der Waals surface area contributed by atoms with E-state index in [1.165, 1.54) is 16.7 Å². The van der Waals surface area contributed by atoms with E-state index in [1.54, 1.807) is 23.6 Å². The molecule has 1 aliphatic heterocycles. The van der Waals surface area contributed by atoms with E-state index in [9.17, 15) is 14.8 Å². The lowest BCUT2D eigenvalue weighted by Crippen LogP contribution is -2.40. The maximum Gasteiger partial charge on any atom is 0.338 e. The Bertz CT molecular complexity index is 1060. The first-order chi connectivity index (χ1) is 14.0. The molecule has 29 heavy (non-hydrogen) atoms. The number of carbonyl (C=O) groups is 2. The fourth-order valence-corrected chi connectivity index (χ4v) is 4.23. The second kappa shape index (κ2) is 8.00. The fraction of sp³-hybridized carbons (Fsp3) is 0.316. The smallest absolute Gasteiger partial charge is 0.338 e.